The van der Waals surface area contributed by atoms with E-state index in [-0.39, 0.29) is 0 Å². The molecule has 2 bridgehead atoms. The highest BCUT2D eigenvalue weighted by atomic mass is 15.0. The lowest BCUT2D eigenvalue weighted by molar-refractivity contribution is 0.112. The molecule has 3 fully saturated rings. The number of piperidine rings is 2. The molecule has 3 aliphatic rings. The Labute approximate surface area is 63.2 Å². The first-order valence-electron chi connectivity index (χ1n) is 4.64. The summed E-state index contributed by atoms with van der Waals surface area (Å²) in [4.78, 5) is 0. The smallest absolute Gasteiger partial charge is 0.00749 e. The van der Waals surface area contributed by atoms with Crippen molar-refractivity contribution in [3.8, 4) is 0 Å². The second-order valence-corrected chi connectivity index (χ2v) is 3.92. The molecule has 1 heteroatoms. The van der Waals surface area contributed by atoms with Gasteiger partial charge >= 0.3 is 0 Å². The zero-order valence-corrected chi connectivity index (χ0v) is 6.77. The van der Waals surface area contributed by atoms with Crippen molar-refractivity contribution in [2.75, 3.05) is 0 Å². The highest BCUT2D eigenvalue weighted by molar-refractivity contribution is 4.94. The van der Waals surface area contributed by atoms with E-state index >= 15 is 0 Å². The third kappa shape index (κ3) is 1.07. The van der Waals surface area contributed by atoms with Crippen molar-refractivity contribution in [1.29, 1.82) is 0 Å². The highest BCUT2D eigenvalue weighted by Gasteiger charge is 2.36. The molecule has 3 rings (SSSR count). The summed E-state index contributed by atoms with van der Waals surface area (Å²) in [6.07, 6.45) is 7.15. The molecule has 2 aliphatic heterocycles. The Hall–Kier alpha value is -0.0400. The fourth-order valence-corrected chi connectivity index (χ4v) is 2.42. The minimum atomic E-state index is 0.877. The molecule has 0 aromatic rings. The molecule has 1 saturated carbocycles. The number of nitrogens with one attached hydrogen (secondary N) is 1. The van der Waals surface area contributed by atoms with Gasteiger partial charge in [0.15, 0.2) is 0 Å². The van der Waals surface area contributed by atoms with Gasteiger partial charge in [-0.05, 0) is 31.6 Å². The maximum Gasteiger partial charge on any atom is 0.00749 e. The molecule has 1 nitrogen and oxygen atoms in total. The van der Waals surface area contributed by atoms with E-state index in [9.17, 15) is 0 Å². The summed E-state index contributed by atoms with van der Waals surface area (Å²) in [6.45, 7) is 2.28. The Kier molecular flexibility index (Phi) is 1.69. The quantitative estimate of drug-likeness (QED) is 0.616. The van der Waals surface area contributed by atoms with Crippen molar-refractivity contribution in [2.24, 2.45) is 5.92 Å². The molecule has 2 saturated heterocycles. The van der Waals surface area contributed by atoms with Gasteiger partial charge in [-0.3, -0.25) is 0 Å². The van der Waals surface area contributed by atoms with Gasteiger partial charge in [0.1, 0.15) is 0 Å². The second kappa shape index (κ2) is 2.54. The molecule has 0 aromatic carbocycles. The molecule has 0 radical (unpaired) electrons. The normalized spacial score (nSPS) is 44.7. The molecule has 0 amide bonds. The van der Waals surface area contributed by atoms with Gasteiger partial charge in [-0.2, -0.15) is 0 Å². The molecule has 1 atom stereocenters. The zero-order chi connectivity index (χ0) is 6.97. The summed E-state index contributed by atoms with van der Waals surface area (Å²) in [6, 6.07) is 1.79. The predicted octanol–water partition coefficient (Wildman–Crippen LogP) is 1.93. The average Bonchev–Trinajstić information content (AvgIpc) is 1.87. The van der Waals surface area contributed by atoms with Crippen LogP contribution in [0.4, 0.5) is 0 Å². The van der Waals surface area contributed by atoms with Gasteiger partial charge in [-0.1, -0.05) is 13.3 Å². The first-order chi connectivity index (χ1) is 4.88. The van der Waals surface area contributed by atoms with Crippen LogP contribution in [0.15, 0.2) is 0 Å². The molecule has 0 aromatic heterocycles. The van der Waals surface area contributed by atoms with Crippen LogP contribution < -0.4 is 5.32 Å². The van der Waals surface area contributed by atoms with Crippen LogP contribution in [0.2, 0.25) is 0 Å². The number of hydrogen-bond acceptors (Lipinski definition) is 1. The molecule has 10 heavy (non-hydrogen) atoms. The van der Waals surface area contributed by atoms with E-state index in [1.807, 2.05) is 0 Å². The van der Waals surface area contributed by atoms with Crippen molar-refractivity contribution < 1.29 is 0 Å². The van der Waals surface area contributed by atoms with Gasteiger partial charge in [-0.15, -0.1) is 0 Å². The third-order valence-electron chi connectivity index (χ3n) is 2.96. The van der Waals surface area contributed by atoms with Crippen molar-refractivity contribution in [3.63, 3.8) is 0 Å². The summed E-state index contributed by atoms with van der Waals surface area (Å²) in [7, 11) is 0. The van der Waals surface area contributed by atoms with Gasteiger partial charge in [0, 0.05) is 12.1 Å². The lowest BCUT2D eigenvalue weighted by Crippen LogP contribution is -2.53. The van der Waals surface area contributed by atoms with Gasteiger partial charge in [-0.25, -0.2) is 0 Å². The molecule has 1 N–H and O–H groups in total. The topological polar surface area (TPSA) is 12.0 Å². The minimum Gasteiger partial charge on any atom is -0.311 e. The van der Waals surface area contributed by atoms with E-state index in [1.54, 1.807) is 0 Å². The van der Waals surface area contributed by atoms with E-state index in [0.717, 1.165) is 18.0 Å². The number of hydrogen-bond donors (Lipinski definition) is 1. The van der Waals surface area contributed by atoms with E-state index in [1.165, 1.54) is 32.1 Å². The summed E-state index contributed by atoms with van der Waals surface area (Å²) < 4.78 is 0. The van der Waals surface area contributed by atoms with Crippen LogP contribution in [0.25, 0.3) is 0 Å². The van der Waals surface area contributed by atoms with Crippen LogP contribution in [-0.4, -0.2) is 12.1 Å². The summed E-state index contributed by atoms with van der Waals surface area (Å²) >= 11 is 0. The molecule has 0 spiro atoms. The van der Waals surface area contributed by atoms with Gasteiger partial charge in [0.2, 0.25) is 0 Å². The monoisotopic (exact) mass is 139 g/mol. The Balaban J connectivity index is 1.80. The molecule has 2 heterocycles. The van der Waals surface area contributed by atoms with Gasteiger partial charge in [0.05, 0.1) is 0 Å². The fraction of sp³-hybridized carbons (Fsp3) is 1.00. The second-order valence-electron chi connectivity index (χ2n) is 3.92. The van der Waals surface area contributed by atoms with Crippen molar-refractivity contribution in [2.45, 2.75) is 51.1 Å². The molecule has 1 aliphatic carbocycles. The lowest BCUT2D eigenvalue weighted by Gasteiger charge is -2.46. The highest BCUT2D eigenvalue weighted by Crippen LogP contribution is 2.37. The van der Waals surface area contributed by atoms with Crippen molar-refractivity contribution in [3.05, 3.63) is 0 Å². The third-order valence-corrected chi connectivity index (χ3v) is 2.96. The molecule has 1 unspecified atom stereocenters. The van der Waals surface area contributed by atoms with E-state index in [2.05, 4.69) is 12.2 Å². The van der Waals surface area contributed by atoms with Crippen LogP contribution in [-0.2, 0) is 0 Å². The molecule has 58 valence electrons. The summed E-state index contributed by atoms with van der Waals surface area (Å²) in [5.74, 6) is 1.10. The van der Waals surface area contributed by atoms with Crippen LogP contribution in [0.1, 0.15) is 39.0 Å². The van der Waals surface area contributed by atoms with E-state index in [4.69, 9.17) is 0 Å². The Morgan fingerprint density at radius 1 is 1.30 bits per heavy atom. The first-order valence-corrected chi connectivity index (χ1v) is 4.64. The van der Waals surface area contributed by atoms with Crippen LogP contribution in [0.3, 0.4) is 0 Å². The van der Waals surface area contributed by atoms with E-state index in [0.29, 0.717) is 0 Å². The zero-order valence-electron chi connectivity index (χ0n) is 6.77. The molecular weight excluding hydrogens is 122 g/mol. The fourth-order valence-electron chi connectivity index (χ4n) is 2.42. The minimum absolute atomic E-state index is 0.877. The maximum absolute atomic E-state index is 3.68. The van der Waals surface area contributed by atoms with Gasteiger partial charge in [0.25, 0.3) is 0 Å². The molecular formula is C9H17N. The van der Waals surface area contributed by atoms with Crippen LogP contribution in [0, 0.1) is 5.92 Å². The Morgan fingerprint density at radius 3 is 2.60 bits per heavy atom. The van der Waals surface area contributed by atoms with Gasteiger partial charge < -0.3 is 5.32 Å². The van der Waals surface area contributed by atoms with E-state index < -0.39 is 0 Å². The van der Waals surface area contributed by atoms with Crippen LogP contribution >= 0.6 is 0 Å². The predicted molar refractivity (Wildman–Crippen MR) is 43.0 cm³/mol. The summed E-state index contributed by atoms with van der Waals surface area (Å²) in [5.41, 5.74) is 0. The average molecular weight is 139 g/mol. The Morgan fingerprint density at radius 2 is 2.10 bits per heavy atom. The number of fused-ring (bicyclic) bond motifs is 2. The maximum atomic E-state index is 3.68. The summed E-state index contributed by atoms with van der Waals surface area (Å²) in [5, 5.41) is 3.68. The lowest BCUT2D eigenvalue weighted by atomic mass is 9.71. The van der Waals surface area contributed by atoms with Crippen LogP contribution in [0.5, 0.6) is 0 Å². The first kappa shape index (κ1) is 6.66. The number of rotatable bonds is 2. The van der Waals surface area contributed by atoms with Crippen molar-refractivity contribution in [1.82, 2.24) is 5.32 Å². The largest absolute Gasteiger partial charge is 0.311 e. The SMILES string of the molecule is CCCC1CC2CC(C2)N1. The van der Waals surface area contributed by atoms with Crippen molar-refractivity contribution >= 4 is 0 Å². The Bertz CT molecular complexity index is 106. The standard InChI is InChI=1S/C9H17N/c1-2-3-8-4-7-5-9(6-7)10-8/h7-10H,2-6H2,1H3.